The molecule has 152 valence electrons. The third kappa shape index (κ3) is 4.09. The summed E-state index contributed by atoms with van der Waals surface area (Å²) in [4.78, 5) is 24.6. The van der Waals surface area contributed by atoms with Crippen molar-refractivity contribution in [1.29, 1.82) is 0 Å². The molecule has 0 unspecified atom stereocenters. The van der Waals surface area contributed by atoms with Gasteiger partial charge in [-0.05, 0) is 67.4 Å². The van der Waals surface area contributed by atoms with Gasteiger partial charge in [0.2, 0.25) is 5.91 Å². The van der Waals surface area contributed by atoms with Gasteiger partial charge in [-0.15, -0.1) is 0 Å². The second-order valence-electron chi connectivity index (χ2n) is 7.04. The van der Waals surface area contributed by atoms with Crippen molar-refractivity contribution in [3.05, 3.63) is 82.5 Å². The van der Waals surface area contributed by atoms with E-state index in [0.29, 0.717) is 16.4 Å². The number of nitrogens with one attached hydrogen (secondary N) is 2. The van der Waals surface area contributed by atoms with Gasteiger partial charge in [0.05, 0.1) is 29.7 Å². The lowest BCUT2D eigenvalue weighted by Gasteiger charge is -2.09. The highest BCUT2D eigenvalue weighted by Crippen LogP contribution is 2.28. The molecule has 0 aliphatic rings. The van der Waals surface area contributed by atoms with Gasteiger partial charge >= 0.3 is 0 Å². The van der Waals surface area contributed by atoms with E-state index in [0.717, 1.165) is 27.7 Å². The van der Waals surface area contributed by atoms with Crippen LogP contribution in [-0.2, 0) is 11.2 Å². The molecule has 30 heavy (non-hydrogen) atoms. The highest BCUT2D eigenvalue weighted by Gasteiger charge is 2.14. The molecule has 7 heteroatoms. The minimum absolute atomic E-state index is 0.171. The Labute approximate surface area is 177 Å². The van der Waals surface area contributed by atoms with Crippen LogP contribution in [-0.4, -0.2) is 11.8 Å². The summed E-state index contributed by atoms with van der Waals surface area (Å²) in [5, 5.41) is 6.72. The minimum atomic E-state index is -0.406. The number of carbonyl (C=O) groups excluding carboxylic acids is 2. The molecule has 2 aromatic heterocycles. The molecule has 2 N–H and O–H groups in total. The lowest BCUT2D eigenvalue weighted by Crippen LogP contribution is -2.15. The number of hydrogen-bond acceptors (Lipinski definition) is 4. The molecule has 6 nitrogen and oxygen atoms in total. The maximum atomic E-state index is 12.5. The summed E-state index contributed by atoms with van der Waals surface area (Å²) in [5.41, 5.74) is 4.81. The number of furan rings is 2. The molecule has 2 heterocycles. The van der Waals surface area contributed by atoms with E-state index in [1.165, 1.54) is 6.26 Å². The highest BCUT2D eigenvalue weighted by atomic mass is 35.5. The molecule has 0 saturated carbocycles. The molecular weight excluding hydrogens is 404 g/mol. The summed E-state index contributed by atoms with van der Waals surface area (Å²) in [5.74, 6) is -0.420. The van der Waals surface area contributed by atoms with E-state index in [-0.39, 0.29) is 18.1 Å². The van der Waals surface area contributed by atoms with Crippen molar-refractivity contribution in [1.82, 2.24) is 0 Å². The Morgan fingerprint density at radius 2 is 1.80 bits per heavy atom. The lowest BCUT2D eigenvalue weighted by atomic mass is 10.0. The molecule has 0 radical (unpaired) electrons. The standard InChI is InChI=1S/C23H19ClN2O4/c1-13-8-17-15(12-30-21(17)9-14(13)2)10-22(27)25-16-5-6-19(18(24)11-16)26-23(28)20-4-3-7-29-20/h3-9,11-12H,10H2,1-2H3,(H,25,27)(H,26,28). The largest absolute Gasteiger partial charge is 0.464 e. The number of benzene rings is 2. The first-order chi connectivity index (χ1) is 14.4. The van der Waals surface area contributed by atoms with Crippen LogP contribution in [0, 0.1) is 13.8 Å². The number of fused-ring (bicyclic) bond motifs is 1. The summed E-state index contributed by atoms with van der Waals surface area (Å²) in [7, 11) is 0. The quantitative estimate of drug-likeness (QED) is 0.430. The molecule has 0 spiro atoms. The SMILES string of the molecule is Cc1cc2occ(CC(=O)Nc3ccc(NC(=O)c4ccco4)c(Cl)c3)c2cc1C. The van der Waals surface area contributed by atoms with Crippen LogP contribution in [0.15, 0.2) is 63.8 Å². The Hall–Kier alpha value is -3.51. The zero-order chi connectivity index (χ0) is 21.3. The molecule has 0 saturated heterocycles. The lowest BCUT2D eigenvalue weighted by molar-refractivity contribution is -0.115. The normalized spacial score (nSPS) is 10.9. The van der Waals surface area contributed by atoms with E-state index in [4.69, 9.17) is 20.4 Å². The second kappa shape index (κ2) is 8.08. The molecule has 2 aromatic carbocycles. The predicted molar refractivity (Wildman–Crippen MR) is 116 cm³/mol. The predicted octanol–water partition coefficient (Wildman–Crippen LogP) is 5.73. The number of halogens is 1. The fraction of sp³-hybridized carbons (Fsp3) is 0.130. The minimum Gasteiger partial charge on any atom is -0.464 e. The summed E-state index contributed by atoms with van der Waals surface area (Å²) in [6.45, 7) is 4.05. The Balaban J connectivity index is 1.44. The number of amides is 2. The van der Waals surface area contributed by atoms with Gasteiger partial charge in [0.25, 0.3) is 5.91 Å². The molecule has 4 aromatic rings. The smallest absolute Gasteiger partial charge is 0.291 e. The van der Waals surface area contributed by atoms with Gasteiger partial charge in [0, 0.05) is 16.6 Å². The Morgan fingerprint density at radius 1 is 1.00 bits per heavy atom. The maximum absolute atomic E-state index is 12.5. The first-order valence-electron chi connectivity index (χ1n) is 9.32. The zero-order valence-electron chi connectivity index (χ0n) is 16.4. The van der Waals surface area contributed by atoms with Crippen LogP contribution in [0.5, 0.6) is 0 Å². The van der Waals surface area contributed by atoms with Gasteiger partial charge in [-0.1, -0.05) is 11.6 Å². The molecule has 2 amide bonds. The van der Waals surface area contributed by atoms with Crippen LogP contribution >= 0.6 is 11.6 Å². The van der Waals surface area contributed by atoms with Crippen molar-refractivity contribution in [3.63, 3.8) is 0 Å². The van der Waals surface area contributed by atoms with Gasteiger partial charge in [-0.3, -0.25) is 9.59 Å². The van der Waals surface area contributed by atoms with E-state index in [9.17, 15) is 9.59 Å². The molecule has 0 aliphatic heterocycles. The number of carbonyl (C=O) groups is 2. The molecule has 4 rings (SSSR count). The van der Waals surface area contributed by atoms with Gasteiger partial charge in [0.1, 0.15) is 5.58 Å². The first kappa shape index (κ1) is 19.8. The van der Waals surface area contributed by atoms with Crippen molar-refractivity contribution >= 4 is 45.8 Å². The number of hydrogen-bond donors (Lipinski definition) is 2. The van der Waals surface area contributed by atoms with Crippen molar-refractivity contribution < 1.29 is 18.4 Å². The monoisotopic (exact) mass is 422 g/mol. The van der Waals surface area contributed by atoms with Crippen LogP contribution in [0.3, 0.4) is 0 Å². The van der Waals surface area contributed by atoms with E-state index in [2.05, 4.69) is 10.6 Å². The van der Waals surface area contributed by atoms with Crippen molar-refractivity contribution in [2.45, 2.75) is 20.3 Å². The second-order valence-corrected chi connectivity index (χ2v) is 7.45. The molecule has 0 aliphatic carbocycles. The van der Waals surface area contributed by atoms with Gasteiger partial charge in [0.15, 0.2) is 5.76 Å². The number of anilines is 2. The molecule has 0 bridgehead atoms. The number of rotatable bonds is 5. The van der Waals surface area contributed by atoms with E-state index >= 15 is 0 Å². The third-order valence-corrected chi connectivity index (χ3v) is 5.18. The van der Waals surface area contributed by atoms with E-state index in [1.54, 1.807) is 36.6 Å². The average Bonchev–Trinajstić information content (AvgIpc) is 3.36. The van der Waals surface area contributed by atoms with Crippen LogP contribution < -0.4 is 10.6 Å². The Morgan fingerprint density at radius 3 is 2.53 bits per heavy atom. The topological polar surface area (TPSA) is 84.5 Å². The van der Waals surface area contributed by atoms with Crippen molar-refractivity contribution in [2.24, 2.45) is 0 Å². The third-order valence-electron chi connectivity index (χ3n) is 4.87. The first-order valence-corrected chi connectivity index (χ1v) is 9.70. The van der Waals surface area contributed by atoms with E-state index < -0.39 is 5.91 Å². The van der Waals surface area contributed by atoms with Crippen molar-refractivity contribution in [3.8, 4) is 0 Å². The molecular formula is C23H19ClN2O4. The van der Waals surface area contributed by atoms with E-state index in [1.807, 2.05) is 26.0 Å². The van der Waals surface area contributed by atoms with Gasteiger partial charge in [-0.2, -0.15) is 0 Å². The summed E-state index contributed by atoms with van der Waals surface area (Å²) < 4.78 is 10.6. The van der Waals surface area contributed by atoms with Crippen LogP contribution in [0.2, 0.25) is 5.02 Å². The summed E-state index contributed by atoms with van der Waals surface area (Å²) >= 11 is 6.26. The van der Waals surface area contributed by atoms with Gasteiger partial charge < -0.3 is 19.5 Å². The van der Waals surface area contributed by atoms with Crippen LogP contribution in [0.4, 0.5) is 11.4 Å². The fourth-order valence-corrected chi connectivity index (χ4v) is 3.36. The molecule has 0 atom stereocenters. The number of aryl methyl sites for hydroxylation is 2. The average molecular weight is 423 g/mol. The molecule has 0 fully saturated rings. The van der Waals surface area contributed by atoms with Crippen molar-refractivity contribution in [2.75, 3.05) is 10.6 Å². The van der Waals surface area contributed by atoms with Crippen LogP contribution in [0.1, 0.15) is 27.2 Å². The highest BCUT2D eigenvalue weighted by molar-refractivity contribution is 6.34. The maximum Gasteiger partial charge on any atom is 0.291 e. The zero-order valence-corrected chi connectivity index (χ0v) is 17.2. The Kier molecular flexibility index (Phi) is 5.33. The van der Waals surface area contributed by atoms with Crippen LogP contribution in [0.25, 0.3) is 11.0 Å². The Bertz CT molecular complexity index is 1240. The summed E-state index contributed by atoms with van der Waals surface area (Å²) in [6, 6.07) is 12.1. The van der Waals surface area contributed by atoms with Gasteiger partial charge in [-0.25, -0.2) is 0 Å². The summed E-state index contributed by atoms with van der Waals surface area (Å²) in [6.07, 6.45) is 3.20. The fourth-order valence-electron chi connectivity index (χ4n) is 3.14.